The lowest BCUT2D eigenvalue weighted by atomic mass is 10.00. The molecule has 0 unspecified atom stereocenters. The van der Waals surface area contributed by atoms with Crippen LogP contribution in [0.3, 0.4) is 0 Å². The van der Waals surface area contributed by atoms with E-state index < -0.39 is 5.97 Å². The number of hydrogen-bond acceptors (Lipinski definition) is 5. The van der Waals surface area contributed by atoms with Crippen molar-refractivity contribution in [2.75, 3.05) is 39.6 Å². The van der Waals surface area contributed by atoms with Crippen LogP contribution < -0.4 is 5.32 Å². The Labute approximate surface area is 155 Å². The first-order valence-corrected chi connectivity index (χ1v) is 8.67. The Morgan fingerprint density at radius 1 is 1.00 bits per heavy atom. The molecular weight excluding hydrogens is 334 g/mol. The summed E-state index contributed by atoms with van der Waals surface area (Å²) in [7, 11) is 0. The van der Waals surface area contributed by atoms with Gasteiger partial charge in [-0.1, -0.05) is 18.2 Å². The third kappa shape index (κ3) is 7.80. The summed E-state index contributed by atoms with van der Waals surface area (Å²) in [6, 6.07) is 3.96. The molecule has 6 nitrogen and oxygen atoms in total. The van der Waals surface area contributed by atoms with Crippen LogP contribution in [0.2, 0.25) is 0 Å². The normalized spacial score (nSPS) is 10.5. The molecule has 0 heterocycles. The van der Waals surface area contributed by atoms with Crippen molar-refractivity contribution < 1.29 is 23.8 Å². The van der Waals surface area contributed by atoms with Crippen LogP contribution in [0.15, 0.2) is 24.3 Å². The lowest BCUT2D eigenvalue weighted by molar-refractivity contribution is -0.140. The molecule has 1 aromatic carbocycles. The number of nitrogens with one attached hydrogen (secondary N) is 1. The van der Waals surface area contributed by atoms with E-state index in [1.165, 1.54) is 0 Å². The SMILES string of the molecule is C=C(C)C(=O)OCCOCCOCCNC(=O)c1cc(C)cc(C)c1C. The number of hydrogen-bond donors (Lipinski definition) is 1. The molecule has 6 heteroatoms. The second kappa shape index (κ2) is 11.4. The quantitative estimate of drug-likeness (QED) is 0.371. The molecule has 0 fully saturated rings. The highest BCUT2D eigenvalue weighted by Gasteiger charge is 2.10. The topological polar surface area (TPSA) is 73.9 Å². The fourth-order valence-electron chi connectivity index (χ4n) is 2.25. The predicted molar refractivity (Wildman–Crippen MR) is 100 cm³/mol. The number of ether oxygens (including phenoxy) is 3. The van der Waals surface area contributed by atoms with Gasteiger partial charge in [0.25, 0.3) is 5.91 Å². The molecule has 1 rings (SSSR count). The van der Waals surface area contributed by atoms with Gasteiger partial charge in [-0.15, -0.1) is 0 Å². The molecule has 0 aromatic heterocycles. The highest BCUT2D eigenvalue weighted by Crippen LogP contribution is 2.15. The van der Waals surface area contributed by atoms with Gasteiger partial charge in [-0.25, -0.2) is 4.79 Å². The van der Waals surface area contributed by atoms with Crippen molar-refractivity contribution in [3.63, 3.8) is 0 Å². The van der Waals surface area contributed by atoms with Gasteiger partial charge in [0.1, 0.15) is 6.61 Å². The Morgan fingerprint density at radius 3 is 2.27 bits per heavy atom. The summed E-state index contributed by atoms with van der Waals surface area (Å²) >= 11 is 0. The molecule has 0 radical (unpaired) electrons. The van der Waals surface area contributed by atoms with Gasteiger partial charge in [0.2, 0.25) is 0 Å². The minimum atomic E-state index is -0.417. The minimum Gasteiger partial charge on any atom is -0.460 e. The zero-order valence-electron chi connectivity index (χ0n) is 16.1. The molecule has 144 valence electrons. The van der Waals surface area contributed by atoms with E-state index in [-0.39, 0.29) is 12.5 Å². The minimum absolute atomic E-state index is 0.0894. The Morgan fingerprint density at radius 2 is 1.62 bits per heavy atom. The van der Waals surface area contributed by atoms with E-state index >= 15 is 0 Å². The zero-order chi connectivity index (χ0) is 19.5. The lowest BCUT2D eigenvalue weighted by Crippen LogP contribution is -2.28. The van der Waals surface area contributed by atoms with Gasteiger partial charge < -0.3 is 19.5 Å². The van der Waals surface area contributed by atoms with Gasteiger partial charge in [0.15, 0.2) is 0 Å². The number of esters is 1. The van der Waals surface area contributed by atoms with Crippen molar-refractivity contribution in [3.05, 3.63) is 46.5 Å². The number of amides is 1. The maximum atomic E-state index is 12.2. The first kappa shape index (κ1) is 21.9. The van der Waals surface area contributed by atoms with Crippen LogP contribution in [0.1, 0.15) is 34.0 Å². The molecule has 0 aliphatic carbocycles. The number of aryl methyl sites for hydroxylation is 2. The van der Waals surface area contributed by atoms with Crippen molar-refractivity contribution in [2.45, 2.75) is 27.7 Å². The van der Waals surface area contributed by atoms with E-state index in [9.17, 15) is 9.59 Å². The molecule has 0 bridgehead atoms. The molecule has 0 spiro atoms. The van der Waals surface area contributed by atoms with E-state index in [0.717, 1.165) is 16.7 Å². The average Bonchev–Trinajstić information content (AvgIpc) is 2.59. The van der Waals surface area contributed by atoms with E-state index in [4.69, 9.17) is 14.2 Å². The molecule has 26 heavy (non-hydrogen) atoms. The van der Waals surface area contributed by atoms with Crippen LogP contribution in [0.25, 0.3) is 0 Å². The molecule has 0 saturated heterocycles. The summed E-state index contributed by atoms with van der Waals surface area (Å²) in [5, 5.41) is 2.86. The Bertz CT molecular complexity index is 639. The second-order valence-electron chi connectivity index (χ2n) is 6.15. The van der Waals surface area contributed by atoms with Crippen LogP contribution >= 0.6 is 0 Å². The van der Waals surface area contributed by atoms with Gasteiger partial charge in [-0.2, -0.15) is 0 Å². The van der Waals surface area contributed by atoms with Crippen LogP contribution in [0.4, 0.5) is 0 Å². The van der Waals surface area contributed by atoms with Gasteiger partial charge in [-0.3, -0.25) is 4.79 Å². The zero-order valence-corrected chi connectivity index (χ0v) is 16.1. The summed E-state index contributed by atoms with van der Waals surface area (Å²) in [6.45, 7) is 13.2. The van der Waals surface area contributed by atoms with E-state index in [0.29, 0.717) is 44.1 Å². The molecule has 1 aromatic rings. The molecule has 0 saturated carbocycles. The highest BCUT2D eigenvalue weighted by molar-refractivity contribution is 5.96. The number of carbonyl (C=O) groups excluding carboxylic acids is 2. The maximum Gasteiger partial charge on any atom is 0.333 e. The highest BCUT2D eigenvalue weighted by atomic mass is 16.6. The molecule has 1 N–H and O–H groups in total. The summed E-state index contributed by atoms with van der Waals surface area (Å²) in [6.07, 6.45) is 0. The maximum absolute atomic E-state index is 12.2. The first-order valence-electron chi connectivity index (χ1n) is 8.67. The van der Waals surface area contributed by atoms with Crippen molar-refractivity contribution in [2.24, 2.45) is 0 Å². The van der Waals surface area contributed by atoms with Crippen molar-refractivity contribution in [3.8, 4) is 0 Å². The molecular formula is C20H29NO5. The second-order valence-corrected chi connectivity index (χ2v) is 6.15. The monoisotopic (exact) mass is 363 g/mol. The summed E-state index contributed by atoms with van der Waals surface area (Å²) in [5.41, 5.74) is 4.24. The smallest absolute Gasteiger partial charge is 0.333 e. The van der Waals surface area contributed by atoms with Crippen molar-refractivity contribution >= 4 is 11.9 Å². The van der Waals surface area contributed by atoms with Crippen LogP contribution in [0.5, 0.6) is 0 Å². The fourth-order valence-corrected chi connectivity index (χ4v) is 2.25. The van der Waals surface area contributed by atoms with Crippen molar-refractivity contribution in [1.29, 1.82) is 0 Å². The van der Waals surface area contributed by atoms with Crippen molar-refractivity contribution in [1.82, 2.24) is 5.32 Å². The lowest BCUT2D eigenvalue weighted by Gasteiger charge is -2.11. The first-order chi connectivity index (χ1) is 12.3. The largest absolute Gasteiger partial charge is 0.460 e. The van der Waals surface area contributed by atoms with E-state index in [1.807, 2.05) is 26.8 Å². The van der Waals surface area contributed by atoms with Gasteiger partial charge in [0, 0.05) is 17.7 Å². The van der Waals surface area contributed by atoms with E-state index in [2.05, 4.69) is 18.0 Å². The summed E-state index contributed by atoms with van der Waals surface area (Å²) < 4.78 is 15.6. The Hall–Kier alpha value is -2.18. The van der Waals surface area contributed by atoms with Gasteiger partial charge in [0.05, 0.1) is 26.4 Å². The predicted octanol–water partition coefficient (Wildman–Crippen LogP) is 2.49. The number of rotatable bonds is 11. The van der Waals surface area contributed by atoms with Gasteiger partial charge in [-0.05, 0) is 44.9 Å². The fraction of sp³-hybridized carbons (Fsp3) is 0.500. The number of benzene rings is 1. The van der Waals surface area contributed by atoms with Crippen LogP contribution in [0, 0.1) is 20.8 Å². The summed E-state index contributed by atoms with van der Waals surface area (Å²) in [4.78, 5) is 23.4. The van der Waals surface area contributed by atoms with Gasteiger partial charge >= 0.3 is 5.97 Å². The van der Waals surface area contributed by atoms with E-state index in [1.54, 1.807) is 6.92 Å². The third-order valence-electron chi connectivity index (χ3n) is 3.77. The molecule has 0 atom stereocenters. The van der Waals surface area contributed by atoms with Crippen LogP contribution in [-0.2, 0) is 19.0 Å². The van der Waals surface area contributed by atoms with Crippen LogP contribution in [-0.4, -0.2) is 51.5 Å². The Balaban J connectivity index is 2.10. The third-order valence-corrected chi connectivity index (χ3v) is 3.77. The molecule has 0 aliphatic rings. The average molecular weight is 363 g/mol. The number of carbonyl (C=O) groups is 2. The standard InChI is InChI=1S/C20H29NO5/c1-14(2)20(23)26-11-10-25-9-8-24-7-6-21-19(22)18-13-15(3)12-16(4)17(18)5/h12-13H,1,6-11H2,2-5H3,(H,21,22). The molecule has 0 aliphatic heterocycles. The molecule has 1 amide bonds. The Kier molecular flexibility index (Phi) is 9.62. The summed E-state index contributed by atoms with van der Waals surface area (Å²) in [5.74, 6) is -0.506.